The Morgan fingerprint density at radius 2 is 1.18 bits per heavy atom. The van der Waals surface area contributed by atoms with Gasteiger partial charge in [-0.25, -0.2) is 0 Å². The standard InChI is InChI=1S/C16H12.B/c1-2-7-13(8-3-1)16-12-6-10-14-9-4-5-11-15(14)16;/h1-12H;. The van der Waals surface area contributed by atoms with Crippen molar-refractivity contribution in [1.29, 1.82) is 0 Å². The van der Waals surface area contributed by atoms with Crippen LogP contribution in [-0.4, -0.2) is 8.41 Å². The molecule has 1 heteroatoms. The van der Waals surface area contributed by atoms with Crippen LogP contribution in [0.1, 0.15) is 0 Å². The summed E-state index contributed by atoms with van der Waals surface area (Å²) in [6.45, 7) is 0. The highest BCUT2D eigenvalue weighted by Crippen LogP contribution is 2.27. The van der Waals surface area contributed by atoms with Gasteiger partial charge in [0, 0.05) is 8.41 Å². The normalized spacial score (nSPS) is 9.88. The highest BCUT2D eigenvalue weighted by atomic mass is 14.0. The highest BCUT2D eigenvalue weighted by molar-refractivity contribution is 5.96. The number of hydrogen-bond acceptors (Lipinski definition) is 0. The third kappa shape index (κ3) is 2.09. The van der Waals surface area contributed by atoms with E-state index >= 15 is 0 Å². The lowest BCUT2D eigenvalue weighted by Gasteiger charge is -2.06. The highest BCUT2D eigenvalue weighted by Gasteiger charge is 2.01. The molecule has 3 aromatic carbocycles. The fraction of sp³-hybridized carbons (Fsp3) is 0. The van der Waals surface area contributed by atoms with Crippen molar-refractivity contribution in [3.63, 3.8) is 0 Å². The third-order valence-electron chi connectivity index (χ3n) is 2.87. The molecule has 17 heavy (non-hydrogen) atoms. The lowest BCUT2D eigenvalue weighted by molar-refractivity contribution is 1.65. The van der Waals surface area contributed by atoms with Gasteiger partial charge in [-0.1, -0.05) is 72.8 Å². The van der Waals surface area contributed by atoms with E-state index in [2.05, 4.69) is 72.8 Å². The van der Waals surface area contributed by atoms with E-state index in [0.29, 0.717) is 0 Å². The molecule has 0 amide bonds. The maximum absolute atomic E-state index is 2.18. The minimum absolute atomic E-state index is 0. The number of fused-ring (bicyclic) bond motifs is 1. The van der Waals surface area contributed by atoms with Gasteiger partial charge in [0.2, 0.25) is 0 Å². The van der Waals surface area contributed by atoms with Crippen LogP contribution in [0.15, 0.2) is 72.8 Å². The largest absolute Gasteiger partial charge is 0.0622 e. The van der Waals surface area contributed by atoms with Crippen molar-refractivity contribution in [3.05, 3.63) is 72.8 Å². The topological polar surface area (TPSA) is 0 Å². The van der Waals surface area contributed by atoms with E-state index in [0.717, 1.165) is 0 Å². The Morgan fingerprint density at radius 1 is 0.529 bits per heavy atom. The van der Waals surface area contributed by atoms with E-state index in [-0.39, 0.29) is 8.41 Å². The van der Waals surface area contributed by atoms with Crippen LogP contribution in [0.25, 0.3) is 21.9 Å². The summed E-state index contributed by atoms with van der Waals surface area (Å²) < 4.78 is 0. The van der Waals surface area contributed by atoms with Gasteiger partial charge in [-0.2, -0.15) is 0 Å². The maximum atomic E-state index is 2.18. The first kappa shape index (κ1) is 11.5. The minimum Gasteiger partial charge on any atom is -0.0622 e. The van der Waals surface area contributed by atoms with Gasteiger partial charge in [0.15, 0.2) is 0 Å². The molecule has 3 radical (unpaired) electrons. The number of hydrogen-bond donors (Lipinski definition) is 0. The van der Waals surface area contributed by atoms with E-state index in [1.165, 1.54) is 21.9 Å². The van der Waals surface area contributed by atoms with Gasteiger partial charge in [-0.05, 0) is 21.9 Å². The fourth-order valence-corrected chi connectivity index (χ4v) is 2.09. The van der Waals surface area contributed by atoms with E-state index in [4.69, 9.17) is 0 Å². The van der Waals surface area contributed by atoms with Crippen molar-refractivity contribution in [3.8, 4) is 11.1 Å². The molecule has 0 nitrogen and oxygen atoms in total. The van der Waals surface area contributed by atoms with Crippen LogP contribution in [0, 0.1) is 0 Å². The molecule has 0 unspecified atom stereocenters. The van der Waals surface area contributed by atoms with Gasteiger partial charge >= 0.3 is 0 Å². The molecule has 0 aliphatic carbocycles. The molecule has 0 aliphatic heterocycles. The van der Waals surface area contributed by atoms with Crippen LogP contribution in [0.3, 0.4) is 0 Å². The first-order chi connectivity index (χ1) is 7.95. The Labute approximate surface area is 103 Å². The molecule has 0 fully saturated rings. The van der Waals surface area contributed by atoms with Gasteiger partial charge in [0.05, 0.1) is 0 Å². The first-order valence-corrected chi connectivity index (χ1v) is 5.48. The van der Waals surface area contributed by atoms with Crippen LogP contribution in [0.4, 0.5) is 0 Å². The van der Waals surface area contributed by atoms with E-state index in [9.17, 15) is 0 Å². The molecule has 0 atom stereocenters. The Hall–Kier alpha value is -2.02. The molecular weight excluding hydrogens is 203 g/mol. The summed E-state index contributed by atoms with van der Waals surface area (Å²) >= 11 is 0. The molecule has 3 rings (SSSR count). The van der Waals surface area contributed by atoms with Crippen LogP contribution < -0.4 is 0 Å². The fourth-order valence-electron chi connectivity index (χ4n) is 2.09. The van der Waals surface area contributed by atoms with Crippen LogP contribution in [-0.2, 0) is 0 Å². The van der Waals surface area contributed by atoms with E-state index < -0.39 is 0 Å². The molecule has 0 aliphatic rings. The van der Waals surface area contributed by atoms with Crippen LogP contribution in [0.5, 0.6) is 0 Å². The second-order valence-electron chi connectivity index (χ2n) is 3.89. The third-order valence-corrected chi connectivity index (χ3v) is 2.87. The van der Waals surface area contributed by atoms with E-state index in [1.54, 1.807) is 0 Å². The van der Waals surface area contributed by atoms with Crippen LogP contribution in [0.2, 0.25) is 0 Å². The molecule has 3 aromatic rings. The Kier molecular flexibility index (Phi) is 3.29. The molecule has 79 valence electrons. The summed E-state index contributed by atoms with van der Waals surface area (Å²) in [5.41, 5.74) is 2.58. The minimum atomic E-state index is 0. The predicted octanol–water partition coefficient (Wildman–Crippen LogP) is 4.13. The summed E-state index contributed by atoms with van der Waals surface area (Å²) in [6, 6.07) is 25.5. The van der Waals surface area contributed by atoms with Gasteiger partial charge < -0.3 is 0 Å². The second-order valence-corrected chi connectivity index (χ2v) is 3.89. The van der Waals surface area contributed by atoms with Crippen molar-refractivity contribution in [2.45, 2.75) is 0 Å². The zero-order chi connectivity index (χ0) is 10.8. The lowest BCUT2D eigenvalue weighted by atomic mass is 9.98. The summed E-state index contributed by atoms with van der Waals surface area (Å²) in [4.78, 5) is 0. The molecule has 0 saturated carbocycles. The molecule has 0 heterocycles. The zero-order valence-corrected chi connectivity index (χ0v) is 9.51. The maximum Gasteiger partial charge on any atom is 0 e. The van der Waals surface area contributed by atoms with Gasteiger partial charge in [-0.15, -0.1) is 0 Å². The quantitative estimate of drug-likeness (QED) is 0.535. The SMILES string of the molecule is [B].c1ccc(-c2cccc3ccccc23)cc1. The Balaban J connectivity index is 0.00000108. The number of benzene rings is 3. The van der Waals surface area contributed by atoms with Gasteiger partial charge in [-0.3, -0.25) is 0 Å². The van der Waals surface area contributed by atoms with E-state index in [1.807, 2.05) is 0 Å². The average Bonchev–Trinajstić information content (AvgIpc) is 2.39. The smallest absolute Gasteiger partial charge is 0 e. The zero-order valence-electron chi connectivity index (χ0n) is 9.51. The van der Waals surface area contributed by atoms with Crippen molar-refractivity contribution >= 4 is 19.2 Å². The predicted molar refractivity (Wildman–Crippen MR) is 75.1 cm³/mol. The summed E-state index contributed by atoms with van der Waals surface area (Å²) in [7, 11) is 0. The average molecular weight is 215 g/mol. The summed E-state index contributed by atoms with van der Waals surface area (Å²) in [6.07, 6.45) is 0. The van der Waals surface area contributed by atoms with Crippen molar-refractivity contribution in [2.24, 2.45) is 0 Å². The molecule has 0 N–H and O–H groups in total. The molecule has 0 aromatic heterocycles. The summed E-state index contributed by atoms with van der Waals surface area (Å²) in [5, 5.41) is 2.61. The molecule has 0 spiro atoms. The van der Waals surface area contributed by atoms with Crippen LogP contribution >= 0.6 is 0 Å². The molecular formula is C16H12B. The Bertz CT molecular complexity index is 609. The van der Waals surface area contributed by atoms with Crippen molar-refractivity contribution in [1.82, 2.24) is 0 Å². The van der Waals surface area contributed by atoms with Crippen molar-refractivity contribution < 1.29 is 0 Å². The number of rotatable bonds is 1. The summed E-state index contributed by atoms with van der Waals surface area (Å²) in [5.74, 6) is 0. The lowest BCUT2D eigenvalue weighted by Crippen LogP contribution is -1.79. The second kappa shape index (κ2) is 4.88. The Morgan fingerprint density at radius 3 is 2.00 bits per heavy atom. The van der Waals surface area contributed by atoms with Gasteiger partial charge in [0.1, 0.15) is 0 Å². The molecule has 0 saturated heterocycles. The molecule has 0 bridgehead atoms. The monoisotopic (exact) mass is 215 g/mol. The van der Waals surface area contributed by atoms with Gasteiger partial charge in [0.25, 0.3) is 0 Å². The first-order valence-electron chi connectivity index (χ1n) is 5.48. The van der Waals surface area contributed by atoms with Crippen molar-refractivity contribution in [2.75, 3.05) is 0 Å².